The molecule has 0 spiro atoms. The zero-order valence-electron chi connectivity index (χ0n) is 14.6. The minimum atomic E-state index is -0.709. The topological polar surface area (TPSA) is 35.5 Å². The second kappa shape index (κ2) is 8.13. The van der Waals surface area contributed by atoms with Crippen molar-refractivity contribution >= 4 is 12.0 Å². The van der Waals surface area contributed by atoms with Crippen LogP contribution < -0.4 is 0 Å². The number of ether oxygens (including phenoxy) is 2. The van der Waals surface area contributed by atoms with E-state index in [-0.39, 0.29) is 12.1 Å². The van der Waals surface area contributed by atoms with Crippen LogP contribution in [0.5, 0.6) is 0 Å². The lowest BCUT2D eigenvalue weighted by molar-refractivity contribution is -0.157. The van der Waals surface area contributed by atoms with Crippen LogP contribution in [0.25, 0.3) is 6.08 Å². The Morgan fingerprint density at radius 1 is 1.12 bits per heavy atom. The highest BCUT2D eigenvalue weighted by Gasteiger charge is 2.49. The van der Waals surface area contributed by atoms with Gasteiger partial charge in [0.2, 0.25) is 0 Å². The smallest absolute Gasteiger partial charge is 0.318 e. The van der Waals surface area contributed by atoms with Crippen molar-refractivity contribution in [2.75, 3.05) is 7.11 Å². The third kappa shape index (κ3) is 3.99. The van der Waals surface area contributed by atoms with E-state index in [1.54, 1.807) is 0 Å². The summed E-state index contributed by atoms with van der Waals surface area (Å²) in [5, 5.41) is 0. The second-order valence-electron chi connectivity index (χ2n) is 6.45. The molecule has 1 saturated carbocycles. The third-order valence-corrected chi connectivity index (χ3v) is 4.86. The molecule has 1 aliphatic carbocycles. The molecule has 0 N–H and O–H groups in total. The standard InChI is InChI=1S/C22H24O3/c1-24-21(23)22(16-14-18-9-4-2-5-10-18)15-8-13-20(22)25-17-19-11-6-3-7-12-19/h2-7,9-12,14,16,20H,8,13,15,17H2,1H3. The summed E-state index contributed by atoms with van der Waals surface area (Å²) in [6.07, 6.45) is 6.38. The predicted octanol–water partition coefficient (Wildman–Crippen LogP) is 4.63. The maximum atomic E-state index is 12.6. The van der Waals surface area contributed by atoms with Crippen molar-refractivity contribution in [1.29, 1.82) is 0 Å². The van der Waals surface area contributed by atoms with Crippen molar-refractivity contribution in [3.8, 4) is 0 Å². The zero-order chi connectivity index (χ0) is 17.5. The normalized spacial score (nSPS) is 23.0. The van der Waals surface area contributed by atoms with Crippen molar-refractivity contribution in [2.24, 2.45) is 5.41 Å². The molecule has 0 saturated heterocycles. The van der Waals surface area contributed by atoms with Gasteiger partial charge in [-0.2, -0.15) is 0 Å². The van der Waals surface area contributed by atoms with Crippen LogP contribution in [0.3, 0.4) is 0 Å². The molecule has 130 valence electrons. The number of hydrogen-bond donors (Lipinski definition) is 0. The fraction of sp³-hybridized carbons (Fsp3) is 0.318. The number of methoxy groups -OCH3 is 1. The molecule has 2 aromatic carbocycles. The summed E-state index contributed by atoms with van der Waals surface area (Å²) in [6, 6.07) is 20.1. The van der Waals surface area contributed by atoms with E-state index in [9.17, 15) is 4.79 Å². The van der Waals surface area contributed by atoms with Gasteiger partial charge in [-0.25, -0.2) is 0 Å². The van der Waals surface area contributed by atoms with E-state index in [0.29, 0.717) is 6.61 Å². The van der Waals surface area contributed by atoms with Gasteiger partial charge in [0, 0.05) is 0 Å². The Morgan fingerprint density at radius 2 is 1.80 bits per heavy atom. The molecule has 0 aromatic heterocycles. The second-order valence-corrected chi connectivity index (χ2v) is 6.45. The minimum Gasteiger partial charge on any atom is -0.468 e. The van der Waals surface area contributed by atoms with Crippen LogP contribution in [0, 0.1) is 5.41 Å². The molecule has 2 atom stereocenters. The first-order valence-corrected chi connectivity index (χ1v) is 8.73. The molecule has 0 amide bonds. The van der Waals surface area contributed by atoms with Crippen molar-refractivity contribution in [3.63, 3.8) is 0 Å². The lowest BCUT2D eigenvalue weighted by Gasteiger charge is -2.30. The number of hydrogen-bond acceptors (Lipinski definition) is 3. The van der Waals surface area contributed by atoms with E-state index in [2.05, 4.69) is 0 Å². The van der Waals surface area contributed by atoms with Gasteiger partial charge in [0.1, 0.15) is 5.41 Å². The number of rotatable bonds is 6. The van der Waals surface area contributed by atoms with Crippen LogP contribution in [0.4, 0.5) is 0 Å². The lowest BCUT2D eigenvalue weighted by Crippen LogP contribution is -2.39. The van der Waals surface area contributed by atoms with E-state index in [4.69, 9.17) is 9.47 Å². The highest BCUT2D eigenvalue weighted by atomic mass is 16.5. The van der Waals surface area contributed by atoms with Crippen LogP contribution in [-0.2, 0) is 20.9 Å². The first kappa shape index (κ1) is 17.4. The average Bonchev–Trinajstić information content (AvgIpc) is 3.09. The maximum Gasteiger partial charge on any atom is 0.318 e. The molecule has 0 bridgehead atoms. The molecule has 3 rings (SSSR count). The molecule has 0 radical (unpaired) electrons. The van der Waals surface area contributed by atoms with Gasteiger partial charge in [0.05, 0.1) is 19.8 Å². The summed E-state index contributed by atoms with van der Waals surface area (Å²) in [5.41, 5.74) is 1.47. The molecule has 3 heteroatoms. The Kier molecular flexibility index (Phi) is 5.67. The number of carbonyl (C=O) groups excluding carboxylic acids is 1. The quantitative estimate of drug-likeness (QED) is 0.722. The van der Waals surface area contributed by atoms with Gasteiger partial charge in [-0.1, -0.05) is 72.8 Å². The van der Waals surface area contributed by atoms with Crippen molar-refractivity contribution in [3.05, 3.63) is 77.9 Å². The van der Waals surface area contributed by atoms with Crippen LogP contribution in [-0.4, -0.2) is 19.2 Å². The summed E-state index contributed by atoms with van der Waals surface area (Å²) >= 11 is 0. The van der Waals surface area contributed by atoms with Crippen molar-refractivity contribution < 1.29 is 14.3 Å². The fourth-order valence-electron chi connectivity index (χ4n) is 3.49. The van der Waals surface area contributed by atoms with E-state index in [1.807, 2.05) is 72.8 Å². The van der Waals surface area contributed by atoms with E-state index < -0.39 is 5.41 Å². The van der Waals surface area contributed by atoms with Gasteiger partial charge in [0.15, 0.2) is 0 Å². The number of carbonyl (C=O) groups is 1. The molecule has 2 unspecified atom stereocenters. The molecular formula is C22H24O3. The van der Waals surface area contributed by atoms with Gasteiger partial charge >= 0.3 is 5.97 Å². The summed E-state index contributed by atoms with van der Waals surface area (Å²) in [5.74, 6) is -0.213. The van der Waals surface area contributed by atoms with Crippen LogP contribution in [0.15, 0.2) is 66.7 Å². The van der Waals surface area contributed by atoms with E-state index >= 15 is 0 Å². The van der Waals surface area contributed by atoms with E-state index in [1.165, 1.54) is 7.11 Å². The van der Waals surface area contributed by atoms with E-state index in [0.717, 1.165) is 30.4 Å². The maximum absolute atomic E-state index is 12.6. The Bertz CT molecular complexity index is 709. The summed E-state index contributed by atoms with van der Waals surface area (Å²) in [7, 11) is 1.45. The summed E-state index contributed by atoms with van der Waals surface area (Å²) in [6.45, 7) is 0.503. The SMILES string of the molecule is COC(=O)C1(C=Cc2ccccc2)CCCC1OCc1ccccc1. The monoisotopic (exact) mass is 336 g/mol. The lowest BCUT2D eigenvalue weighted by atomic mass is 9.83. The molecule has 2 aromatic rings. The summed E-state index contributed by atoms with van der Waals surface area (Å²) < 4.78 is 11.3. The number of esters is 1. The third-order valence-electron chi connectivity index (χ3n) is 4.86. The van der Waals surface area contributed by atoms with Crippen molar-refractivity contribution in [2.45, 2.75) is 32.0 Å². The van der Waals surface area contributed by atoms with Crippen molar-refractivity contribution in [1.82, 2.24) is 0 Å². The molecule has 0 aliphatic heterocycles. The van der Waals surface area contributed by atoms with Gasteiger partial charge in [-0.3, -0.25) is 4.79 Å². The predicted molar refractivity (Wildman–Crippen MR) is 98.8 cm³/mol. The van der Waals surface area contributed by atoms with Gasteiger partial charge in [-0.15, -0.1) is 0 Å². The minimum absolute atomic E-state index is 0.167. The Balaban J connectivity index is 1.80. The fourth-order valence-corrected chi connectivity index (χ4v) is 3.49. The molecule has 0 heterocycles. The highest BCUT2D eigenvalue weighted by molar-refractivity contribution is 5.81. The Labute approximate surface area is 149 Å². The van der Waals surface area contributed by atoms with Gasteiger partial charge in [-0.05, 0) is 30.4 Å². The van der Waals surface area contributed by atoms with Crippen LogP contribution in [0.2, 0.25) is 0 Å². The van der Waals surface area contributed by atoms with Crippen LogP contribution >= 0.6 is 0 Å². The van der Waals surface area contributed by atoms with Gasteiger partial charge in [0.25, 0.3) is 0 Å². The average molecular weight is 336 g/mol. The number of benzene rings is 2. The first-order chi connectivity index (χ1) is 12.2. The molecule has 1 fully saturated rings. The molecule has 25 heavy (non-hydrogen) atoms. The van der Waals surface area contributed by atoms with Gasteiger partial charge < -0.3 is 9.47 Å². The highest BCUT2D eigenvalue weighted by Crippen LogP contribution is 2.43. The molecule has 3 nitrogen and oxygen atoms in total. The molecule has 1 aliphatic rings. The Hall–Kier alpha value is -2.39. The summed E-state index contributed by atoms with van der Waals surface area (Å²) in [4.78, 5) is 12.6. The molecular weight excluding hydrogens is 312 g/mol. The zero-order valence-corrected chi connectivity index (χ0v) is 14.6. The first-order valence-electron chi connectivity index (χ1n) is 8.73. The van der Waals surface area contributed by atoms with Crippen LogP contribution in [0.1, 0.15) is 30.4 Å². The largest absolute Gasteiger partial charge is 0.468 e. The Morgan fingerprint density at radius 3 is 2.48 bits per heavy atom.